The van der Waals surface area contributed by atoms with Gasteiger partial charge in [-0.3, -0.25) is 4.90 Å². The van der Waals surface area contributed by atoms with Crippen molar-refractivity contribution in [2.24, 2.45) is 11.8 Å². The molecule has 1 heterocycles. The van der Waals surface area contributed by atoms with Crippen LogP contribution in [-0.2, 0) is 12.8 Å². The largest absolute Gasteiger partial charge is 0.314 e. The average Bonchev–Trinajstić information content (AvgIpc) is 2.74. The van der Waals surface area contributed by atoms with E-state index in [1.54, 1.807) is 11.1 Å². The lowest BCUT2D eigenvalue weighted by Crippen LogP contribution is -2.63. The Hall–Kier alpha value is -0.860. The summed E-state index contributed by atoms with van der Waals surface area (Å²) in [5.74, 6) is 1.74. The maximum atomic E-state index is 3.59. The number of nitrogens with one attached hydrogen (secondary N) is 1. The molecule has 1 aliphatic heterocycles. The summed E-state index contributed by atoms with van der Waals surface area (Å²) >= 11 is 0. The van der Waals surface area contributed by atoms with Gasteiger partial charge in [0.25, 0.3) is 0 Å². The summed E-state index contributed by atoms with van der Waals surface area (Å²) in [6.45, 7) is 8.37. The number of hydrogen-bond acceptors (Lipinski definition) is 2. The lowest BCUT2D eigenvalue weighted by atomic mass is 9.87. The first kappa shape index (κ1) is 13.8. The van der Waals surface area contributed by atoms with Gasteiger partial charge in [0.2, 0.25) is 0 Å². The van der Waals surface area contributed by atoms with Gasteiger partial charge < -0.3 is 5.32 Å². The van der Waals surface area contributed by atoms with E-state index < -0.39 is 0 Å². The molecule has 0 spiro atoms. The average molecular weight is 284 g/mol. The van der Waals surface area contributed by atoms with Crippen LogP contribution in [0.4, 0.5) is 0 Å². The maximum absolute atomic E-state index is 3.59. The summed E-state index contributed by atoms with van der Waals surface area (Å²) in [6.07, 6.45) is 5.47. The van der Waals surface area contributed by atoms with E-state index in [1.165, 1.54) is 32.2 Å². The molecular weight excluding hydrogens is 256 g/mol. The first-order valence-electron chi connectivity index (χ1n) is 8.69. The molecule has 114 valence electrons. The normalized spacial score (nSPS) is 35.2. The molecule has 2 heteroatoms. The predicted octanol–water partition coefficient (Wildman–Crippen LogP) is 2.86. The summed E-state index contributed by atoms with van der Waals surface area (Å²) < 4.78 is 0. The highest BCUT2D eigenvalue weighted by atomic mass is 15.3. The van der Waals surface area contributed by atoms with E-state index in [1.807, 2.05) is 0 Å². The van der Waals surface area contributed by atoms with Crippen molar-refractivity contribution in [3.05, 3.63) is 35.4 Å². The molecule has 1 saturated carbocycles. The lowest BCUT2D eigenvalue weighted by molar-refractivity contribution is 0.0108. The van der Waals surface area contributed by atoms with E-state index in [0.717, 1.165) is 31.0 Å². The van der Waals surface area contributed by atoms with Gasteiger partial charge in [0.05, 0.1) is 0 Å². The molecule has 2 fully saturated rings. The van der Waals surface area contributed by atoms with Gasteiger partial charge in [0.1, 0.15) is 0 Å². The fourth-order valence-electron chi connectivity index (χ4n) is 5.18. The molecule has 0 aromatic heterocycles. The highest BCUT2D eigenvalue weighted by molar-refractivity contribution is 5.31. The number of piperazine rings is 1. The monoisotopic (exact) mass is 284 g/mol. The van der Waals surface area contributed by atoms with E-state index in [0.29, 0.717) is 5.54 Å². The van der Waals surface area contributed by atoms with Gasteiger partial charge in [-0.1, -0.05) is 24.3 Å². The number of benzene rings is 1. The van der Waals surface area contributed by atoms with Gasteiger partial charge in [-0.05, 0) is 62.5 Å². The van der Waals surface area contributed by atoms with Crippen molar-refractivity contribution in [3.63, 3.8) is 0 Å². The van der Waals surface area contributed by atoms with Crippen molar-refractivity contribution >= 4 is 0 Å². The Morgan fingerprint density at radius 1 is 1.05 bits per heavy atom. The van der Waals surface area contributed by atoms with E-state index in [2.05, 4.69) is 48.3 Å². The summed E-state index contributed by atoms with van der Waals surface area (Å²) in [4.78, 5) is 2.86. The number of hydrogen-bond donors (Lipinski definition) is 1. The fraction of sp³-hybridized carbons (Fsp3) is 0.684. The number of nitrogens with zero attached hydrogens (tertiary/aromatic N) is 1. The van der Waals surface area contributed by atoms with Crippen LogP contribution in [0, 0.1) is 11.8 Å². The molecule has 2 nitrogen and oxygen atoms in total. The molecule has 21 heavy (non-hydrogen) atoms. The van der Waals surface area contributed by atoms with Gasteiger partial charge in [0.15, 0.2) is 0 Å². The minimum absolute atomic E-state index is 0.306. The third kappa shape index (κ3) is 2.33. The molecule has 4 rings (SSSR count). The maximum Gasteiger partial charge on any atom is 0.0281 e. The third-order valence-corrected chi connectivity index (χ3v) is 6.18. The van der Waals surface area contributed by atoms with E-state index in [-0.39, 0.29) is 0 Å². The van der Waals surface area contributed by atoms with Crippen molar-refractivity contribution in [1.29, 1.82) is 0 Å². The van der Waals surface area contributed by atoms with Crippen molar-refractivity contribution in [2.75, 3.05) is 19.6 Å². The highest BCUT2D eigenvalue weighted by Gasteiger charge is 2.46. The van der Waals surface area contributed by atoms with E-state index >= 15 is 0 Å². The van der Waals surface area contributed by atoms with Crippen molar-refractivity contribution in [3.8, 4) is 0 Å². The van der Waals surface area contributed by atoms with Crippen LogP contribution < -0.4 is 5.32 Å². The standard InChI is InChI=1S/C19H28N2/c1-19(2)13-20-9-10-21(19)18-16-7-8-17(18)12-15-6-4-3-5-14(15)11-16/h3-6,16-18,20H,7-13H2,1-2H3. The first-order valence-corrected chi connectivity index (χ1v) is 8.69. The van der Waals surface area contributed by atoms with Crippen LogP contribution in [0.15, 0.2) is 24.3 Å². The number of fused-ring (bicyclic) bond motifs is 3. The quantitative estimate of drug-likeness (QED) is 0.853. The zero-order valence-corrected chi connectivity index (χ0v) is 13.4. The van der Waals surface area contributed by atoms with Crippen molar-refractivity contribution in [1.82, 2.24) is 10.2 Å². The van der Waals surface area contributed by atoms with Crippen LogP contribution in [0.1, 0.15) is 37.8 Å². The first-order chi connectivity index (χ1) is 10.1. The Morgan fingerprint density at radius 3 is 2.24 bits per heavy atom. The van der Waals surface area contributed by atoms with Crippen LogP contribution in [0.5, 0.6) is 0 Å². The van der Waals surface area contributed by atoms with Gasteiger partial charge in [-0.2, -0.15) is 0 Å². The topological polar surface area (TPSA) is 15.3 Å². The fourth-order valence-corrected chi connectivity index (χ4v) is 5.18. The zero-order valence-electron chi connectivity index (χ0n) is 13.4. The molecule has 1 aromatic rings. The van der Waals surface area contributed by atoms with Crippen LogP contribution in [0.2, 0.25) is 0 Å². The SMILES string of the molecule is CC1(C)CNCCN1C1C2CCC1Cc1ccccc1C2. The van der Waals surface area contributed by atoms with Gasteiger partial charge in [-0.25, -0.2) is 0 Å². The van der Waals surface area contributed by atoms with Gasteiger partial charge >= 0.3 is 0 Å². The molecule has 2 atom stereocenters. The van der Waals surface area contributed by atoms with Crippen LogP contribution >= 0.6 is 0 Å². The predicted molar refractivity (Wildman–Crippen MR) is 87.5 cm³/mol. The summed E-state index contributed by atoms with van der Waals surface area (Å²) in [5.41, 5.74) is 3.56. The van der Waals surface area contributed by atoms with Crippen molar-refractivity contribution in [2.45, 2.75) is 51.1 Å². The molecule has 3 aliphatic rings. The molecule has 0 radical (unpaired) electrons. The smallest absolute Gasteiger partial charge is 0.0281 e. The van der Waals surface area contributed by atoms with Crippen LogP contribution in [-0.4, -0.2) is 36.1 Å². The second kappa shape index (κ2) is 5.10. The van der Waals surface area contributed by atoms with Gasteiger partial charge in [-0.15, -0.1) is 0 Å². The minimum atomic E-state index is 0.306. The lowest BCUT2D eigenvalue weighted by Gasteiger charge is -2.49. The third-order valence-electron chi connectivity index (χ3n) is 6.18. The number of rotatable bonds is 1. The Kier molecular flexibility index (Phi) is 3.35. The summed E-state index contributed by atoms with van der Waals surface area (Å²) in [6, 6.07) is 9.99. The Bertz CT molecular complexity index is 489. The summed E-state index contributed by atoms with van der Waals surface area (Å²) in [7, 11) is 0. The summed E-state index contributed by atoms with van der Waals surface area (Å²) in [5, 5.41) is 3.59. The van der Waals surface area contributed by atoms with Gasteiger partial charge in [0, 0.05) is 31.2 Å². The molecule has 0 amide bonds. The van der Waals surface area contributed by atoms with Crippen LogP contribution in [0.25, 0.3) is 0 Å². The zero-order chi connectivity index (χ0) is 14.4. The molecular formula is C19H28N2. The van der Waals surface area contributed by atoms with Crippen molar-refractivity contribution < 1.29 is 0 Å². The Morgan fingerprint density at radius 2 is 1.67 bits per heavy atom. The molecule has 1 saturated heterocycles. The second-order valence-corrected chi connectivity index (χ2v) is 7.95. The molecule has 2 unspecified atom stereocenters. The minimum Gasteiger partial charge on any atom is -0.314 e. The second-order valence-electron chi connectivity index (χ2n) is 7.95. The Labute approximate surface area is 128 Å². The molecule has 2 aliphatic carbocycles. The molecule has 1 aromatic carbocycles. The van der Waals surface area contributed by atoms with E-state index in [9.17, 15) is 0 Å². The Balaban J connectivity index is 1.66. The molecule has 1 N–H and O–H groups in total. The van der Waals surface area contributed by atoms with Crippen LogP contribution in [0.3, 0.4) is 0 Å². The van der Waals surface area contributed by atoms with E-state index in [4.69, 9.17) is 0 Å². The molecule has 2 bridgehead atoms. The highest BCUT2D eigenvalue weighted by Crippen LogP contribution is 2.44.